The highest BCUT2D eigenvalue weighted by atomic mass is 19.1. The lowest BCUT2D eigenvalue weighted by Gasteiger charge is -2.26. The van der Waals surface area contributed by atoms with Crippen LogP contribution in [0.3, 0.4) is 0 Å². The first-order valence-corrected chi connectivity index (χ1v) is 9.78. The second-order valence-electron chi connectivity index (χ2n) is 7.01. The van der Waals surface area contributed by atoms with Gasteiger partial charge < -0.3 is 14.8 Å². The summed E-state index contributed by atoms with van der Waals surface area (Å²) in [6.45, 7) is 4.27. The van der Waals surface area contributed by atoms with Gasteiger partial charge >= 0.3 is 0 Å². The molecule has 2 aromatic carbocycles. The number of nitrogens with one attached hydrogen (secondary N) is 1. The van der Waals surface area contributed by atoms with Crippen molar-refractivity contribution in [1.82, 2.24) is 14.7 Å². The van der Waals surface area contributed by atoms with Gasteiger partial charge in [-0.25, -0.2) is 9.07 Å². The monoisotopic (exact) mass is 410 g/mol. The van der Waals surface area contributed by atoms with E-state index in [-0.39, 0.29) is 24.1 Å². The van der Waals surface area contributed by atoms with Crippen LogP contribution < -0.4 is 10.1 Å². The number of hydrogen-bond donors (Lipinski definition) is 1. The Morgan fingerprint density at radius 3 is 2.73 bits per heavy atom. The van der Waals surface area contributed by atoms with Crippen LogP contribution in [0.1, 0.15) is 16.1 Å². The van der Waals surface area contributed by atoms with Crippen LogP contribution in [0.25, 0.3) is 0 Å². The van der Waals surface area contributed by atoms with Crippen LogP contribution in [-0.2, 0) is 18.0 Å². The molecule has 0 unspecified atom stereocenters. The second-order valence-corrected chi connectivity index (χ2v) is 7.01. The van der Waals surface area contributed by atoms with Crippen LogP contribution in [0.2, 0.25) is 0 Å². The largest absolute Gasteiger partial charge is 0.471 e. The Bertz CT molecular complexity index is 984. The van der Waals surface area contributed by atoms with Gasteiger partial charge in [0.2, 0.25) is 0 Å². The third kappa shape index (κ3) is 5.43. The quantitative estimate of drug-likeness (QED) is 0.648. The van der Waals surface area contributed by atoms with Crippen molar-refractivity contribution in [3.05, 3.63) is 77.9 Å². The molecule has 8 heteroatoms. The van der Waals surface area contributed by atoms with E-state index in [4.69, 9.17) is 9.47 Å². The summed E-state index contributed by atoms with van der Waals surface area (Å²) in [5.74, 6) is -0.0940. The Hall–Kier alpha value is -3.23. The van der Waals surface area contributed by atoms with Crippen molar-refractivity contribution in [2.45, 2.75) is 13.3 Å². The fourth-order valence-electron chi connectivity index (χ4n) is 3.19. The third-order valence-corrected chi connectivity index (χ3v) is 4.75. The number of morpholine rings is 1. The summed E-state index contributed by atoms with van der Waals surface area (Å²) < 4.78 is 25.4. The fraction of sp³-hybridized carbons (Fsp3) is 0.273. The minimum atomic E-state index is -0.325. The molecular weight excluding hydrogens is 387 g/mol. The van der Waals surface area contributed by atoms with E-state index in [2.05, 4.69) is 15.3 Å². The molecule has 1 aliphatic rings. The summed E-state index contributed by atoms with van der Waals surface area (Å²) in [5, 5.41) is 7.13. The van der Waals surface area contributed by atoms with E-state index < -0.39 is 0 Å². The molecule has 7 nitrogen and oxygen atoms in total. The topological polar surface area (TPSA) is 68.6 Å². The number of ether oxygens (including phenoxy) is 2. The number of nitrogens with zero attached hydrogens (tertiary/aromatic N) is 3. The van der Waals surface area contributed by atoms with Crippen molar-refractivity contribution in [3.63, 3.8) is 0 Å². The maximum absolute atomic E-state index is 12.9. The molecule has 1 amide bonds. The number of anilines is 1. The molecule has 0 bridgehead atoms. The van der Waals surface area contributed by atoms with Crippen molar-refractivity contribution < 1.29 is 18.7 Å². The van der Waals surface area contributed by atoms with Crippen molar-refractivity contribution in [2.24, 2.45) is 0 Å². The van der Waals surface area contributed by atoms with Gasteiger partial charge in [0.25, 0.3) is 5.91 Å². The predicted octanol–water partition coefficient (Wildman–Crippen LogP) is 3.14. The maximum atomic E-state index is 12.9. The van der Waals surface area contributed by atoms with Gasteiger partial charge in [0, 0.05) is 31.5 Å². The van der Waals surface area contributed by atoms with E-state index in [1.807, 2.05) is 24.3 Å². The maximum Gasteiger partial charge on any atom is 0.276 e. The van der Waals surface area contributed by atoms with Crippen molar-refractivity contribution in [1.29, 1.82) is 0 Å². The molecular formula is C22H23FN4O3. The van der Waals surface area contributed by atoms with E-state index in [1.165, 1.54) is 28.9 Å². The smallest absolute Gasteiger partial charge is 0.276 e. The molecule has 3 aromatic rings. The van der Waals surface area contributed by atoms with Gasteiger partial charge in [0.05, 0.1) is 13.2 Å². The minimum absolute atomic E-state index is 0.119. The van der Waals surface area contributed by atoms with Gasteiger partial charge in [-0.1, -0.05) is 12.1 Å². The normalized spacial score (nSPS) is 14.4. The Morgan fingerprint density at radius 2 is 1.93 bits per heavy atom. The van der Waals surface area contributed by atoms with E-state index in [0.29, 0.717) is 5.75 Å². The first-order chi connectivity index (χ1) is 14.7. The number of aromatic nitrogens is 2. The lowest BCUT2D eigenvalue weighted by molar-refractivity contribution is 0.0342. The lowest BCUT2D eigenvalue weighted by Crippen LogP contribution is -2.35. The van der Waals surface area contributed by atoms with Crippen LogP contribution >= 0.6 is 0 Å². The average molecular weight is 410 g/mol. The van der Waals surface area contributed by atoms with Crippen molar-refractivity contribution in [2.75, 3.05) is 31.6 Å². The van der Waals surface area contributed by atoms with E-state index in [1.54, 1.807) is 12.3 Å². The standard InChI is InChI=1S/C22H23FN4O3/c23-18-4-6-20(7-5-18)30-16-27-9-8-21(25-27)22(28)24-19-3-1-2-17(14-19)15-26-10-12-29-13-11-26/h1-9,14H,10-13,15-16H2,(H,24,28). The van der Waals surface area contributed by atoms with Gasteiger partial charge in [0.1, 0.15) is 11.6 Å². The number of carbonyl (C=O) groups excluding carboxylic acids is 1. The minimum Gasteiger partial charge on any atom is -0.471 e. The zero-order valence-electron chi connectivity index (χ0n) is 16.5. The molecule has 1 fully saturated rings. The molecule has 0 atom stereocenters. The first kappa shape index (κ1) is 20.1. The summed E-state index contributed by atoms with van der Waals surface area (Å²) in [7, 11) is 0. The van der Waals surface area contributed by atoms with Gasteiger partial charge in [0.15, 0.2) is 12.4 Å². The van der Waals surface area contributed by atoms with Gasteiger partial charge in [-0.05, 0) is 48.0 Å². The van der Waals surface area contributed by atoms with E-state index in [9.17, 15) is 9.18 Å². The highest BCUT2D eigenvalue weighted by molar-refractivity contribution is 6.02. The number of carbonyl (C=O) groups is 1. The van der Waals surface area contributed by atoms with Crippen LogP contribution in [0.15, 0.2) is 60.8 Å². The van der Waals surface area contributed by atoms with Crippen LogP contribution in [-0.4, -0.2) is 46.9 Å². The molecule has 2 heterocycles. The average Bonchev–Trinajstić information content (AvgIpc) is 3.24. The molecule has 4 rings (SSSR count). The summed E-state index contributed by atoms with van der Waals surface area (Å²) in [6.07, 6.45) is 1.66. The number of benzene rings is 2. The zero-order chi connectivity index (χ0) is 20.8. The highest BCUT2D eigenvalue weighted by Crippen LogP contribution is 2.15. The molecule has 1 aliphatic heterocycles. The molecule has 156 valence electrons. The number of amides is 1. The molecule has 1 saturated heterocycles. The Kier molecular flexibility index (Phi) is 6.36. The Morgan fingerprint density at radius 1 is 1.13 bits per heavy atom. The predicted molar refractivity (Wildman–Crippen MR) is 110 cm³/mol. The SMILES string of the molecule is O=C(Nc1cccc(CN2CCOCC2)c1)c1ccn(COc2ccc(F)cc2)n1. The number of hydrogen-bond acceptors (Lipinski definition) is 5. The second kappa shape index (κ2) is 9.51. The van der Waals surface area contributed by atoms with Crippen molar-refractivity contribution >= 4 is 11.6 Å². The Labute approximate surface area is 174 Å². The molecule has 1 N–H and O–H groups in total. The molecule has 0 spiro atoms. The van der Waals surface area contributed by atoms with E-state index >= 15 is 0 Å². The first-order valence-electron chi connectivity index (χ1n) is 9.78. The molecule has 1 aromatic heterocycles. The number of halogens is 1. The summed E-state index contributed by atoms with van der Waals surface area (Å²) in [6, 6.07) is 15.2. The van der Waals surface area contributed by atoms with E-state index in [0.717, 1.165) is 44.1 Å². The molecule has 0 radical (unpaired) electrons. The highest BCUT2D eigenvalue weighted by Gasteiger charge is 2.13. The molecule has 0 saturated carbocycles. The van der Waals surface area contributed by atoms with Crippen LogP contribution in [0.5, 0.6) is 5.75 Å². The van der Waals surface area contributed by atoms with Crippen molar-refractivity contribution in [3.8, 4) is 5.75 Å². The van der Waals surface area contributed by atoms with Gasteiger partial charge in [-0.2, -0.15) is 5.10 Å². The zero-order valence-corrected chi connectivity index (χ0v) is 16.5. The summed E-state index contributed by atoms with van der Waals surface area (Å²) >= 11 is 0. The molecule has 30 heavy (non-hydrogen) atoms. The summed E-state index contributed by atoms with van der Waals surface area (Å²) in [4.78, 5) is 14.9. The third-order valence-electron chi connectivity index (χ3n) is 4.75. The van der Waals surface area contributed by atoms with Gasteiger partial charge in [-0.15, -0.1) is 0 Å². The Balaban J connectivity index is 1.32. The lowest BCUT2D eigenvalue weighted by atomic mass is 10.2. The fourth-order valence-corrected chi connectivity index (χ4v) is 3.19. The number of rotatable bonds is 7. The summed E-state index contributed by atoms with van der Waals surface area (Å²) in [5.41, 5.74) is 2.15. The van der Waals surface area contributed by atoms with Crippen LogP contribution in [0, 0.1) is 5.82 Å². The molecule has 0 aliphatic carbocycles. The van der Waals surface area contributed by atoms with Gasteiger partial charge in [-0.3, -0.25) is 9.69 Å². The van der Waals surface area contributed by atoms with Crippen LogP contribution in [0.4, 0.5) is 10.1 Å².